The molecule has 4 heteroatoms. The van der Waals surface area contributed by atoms with Crippen molar-refractivity contribution in [2.24, 2.45) is 11.7 Å². The van der Waals surface area contributed by atoms with E-state index in [1.807, 2.05) is 13.0 Å². The molecule has 1 aromatic carbocycles. The monoisotopic (exact) mass is 259 g/mol. The first-order valence-electron chi connectivity index (χ1n) is 6.58. The summed E-state index contributed by atoms with van der Waals surface area (Å²) in [5.74, 6) is -0.135. The SMILES string of the molecule is Cc1[nH]c2ccc(CNC(=O)C(C)CN)cc2c1C. The molecule has 102 valence electrons. The average molecular weight is 259 g/mol. The zero-order valence-corrected chi connectivity index (χ0v) is 11.7. The quantitative estimate of drug-likeness (QED) is 0.786. The minimum atomic E-state index is -0.139. The predicted molar refractivity (Wildman–Crippen MR) is 77.8 cm³/mol. The summed E-state index contributed by atoms with van der Waals surface area (Å²) in [4.78, 5) is 15.0. The first-order chi connectivity index (χ1) is 9.02. The summed E-state index contributed by atoms with van der Waals surface area (Å²) in [7, 11) is 0. The minimum absolute atomic E-state index is 0.00423. The van der Waals surface area contributed by atoms with Crippen LogP contribution in [0, 0.1) is 19.8 Å². The van der Waals surface area contributed by atoms with Crippen molar-refractivity contribution in [1.82, 2.24) is 10.3 Å². The molecule has 1 aromatic heterocycles. The lowest BCUT2D eigenvalue weighted by atomic mass is 10.1. The summed E-state index contributed by atoms with van der Waals surface area (Å²) < 4.78 is 0. The highest BCUT2D eigenvalue weighted by Crippen LogP contribution is 2.22. The number of fused-ring (bicyclic) bond motifs is 1. The number of aromatic nitrogens is 1. The molecular weight excluding hydrogens is 238 g/mol. The van der Waals surface area contributed by atoms with Gasteiger partial charge >= 0.3 is 0 Å². The van der Waals surface area contributed by atoms with Gasteiger partial charge in [0.25, 0.3) is 0 Å². The van der Waals surface area contributed by atoms with Crippen molar-refractivity contribution in [2.45, 2.75) is 27.3 Å². The summed E-state index contributed by atoms with van der Waals surface area (Å²) in [5.41, 5.74) is 10.2. The lowest BCUT2D eigenvalue weighted by Crippen LogP contribution is -2.32. The van der Waals surface area contributed by atoms with Gasteiger partial charge in [-0.1, -0.05) is 13.0 Å². The summed E-state index contributed by atoms with van der Waals surface area (Å²) in [6.07, 6.45) is 0. The van der Waals surface area contributed by atoms with Gasteiger partial charge in [0.2, 0.25) is 5.91 Å². The van der Waals surface area contributed by atoms with Gasteiger partial charge in [-0.05, 0) is 37.1 Å². The van der Waals surface area contributed by atoms with Crippen LogP contribution in [-0.4, -0.2) is 17.4 Å². The molecule has 2 aromatic rings. The van der Waals surface area contributed by atoms with Gasteiger partial charge in [-0.3, -0.25) is 4.79 Å². The maximum absolute atomic E-state index is 11.7. The molecule has 4 nitrogen and oxygen atoms in total. The maximum Gasteiger partial charge on any atom is 0.224 e. The number of amides is 1. The molecule has 0 spiro atoms. The van der Waals surface area contributed by atoms with E-state index in [0.717, 1.165) is 11.1 Å². The number of aryl methyl sites for hydroxylation is 2. The molecule has 0 aliphatic heterocycles. The molecule has 0 saturated carbocycles. The van der Waals surface area contributed by atoms with Gasteiger partial charge in [-0.25, -0.2) is 0 Å². The molecule has 0 aliphatic carbocycles. The highest BCUT2D eigenvalue weighted by Gasteiger charge is 2.10. The van der Waals surface area contributed by atoms with Gasteiger partial charge in [-0.15, -0.1) is 0 Å². The first-order valence-corrected chi connectivity index (χ1v) is 6.58. The molecule has 1 amide bonds. The Morgan fingerprint density at radius 1 is 1.42 bits per heavy atom. The lowest BCUT2D eigenvalue weighted by Gasteiger charge is -2.10. The Balaban J connectivity index is 2.13. The maximum atomic E-state index is 11.7. The minimum Gasteiger partial charge on any atom is -0.358 e. The second-order valence-electron chi connectivity index (χ2n) is 5.11. The van der Waals surface area contributed by atoms with Crippen molar-refractivity contribution in [3.8, 4) is 0 Å². The highest BCUT2D eigenvalue weighted by molar-refractivity contribution is 5.85. The molecule has 4 N–H and O–H groups in total. The molecule has 2 rings (SSSR count). The van der Waals surface area contributed by atoms with E-state index in [-0.39, 0.29) is 11.8 Å². The van der Waals surface area contributed by atoms with Crippen LogP contribution in [0.25, 0.3) is 10.9 Å². The third-order valence-corrected chi connectivity index (χ3v) is 3.64. The molecule has 0 saturated heterocycles. The van der Waals surface area contributed by atoms with Gasteiger partial charge < -0.3 is 16.0 Å². The number of H-pyrrole nitrogens is 1. The smallest absolute Gasteiger partial charge is 0.224 e. The largest absolute Gasteiger partial charge is 0.358 e. The third-order valence-electron chi connectivity index (χ3n) is 3.64. The zero-order valence-electron chi connectivity index (χ0n) is 11.7. The van der Waals surface area contributed by atoms with Crippen LogP contribution in [0.5, 0.6) is 0 Å². The zero-order chi connectivity index (χ0) is 14.0. The number of benzene rings is 1. The van der Waals surface area contributed by atoms with Gasteiger partial charge in [0.15, 0.2) is 0 Å². The van der Waals surface area contributed by atoms with Crippen LogP contribution >= 0.6 is 0 Å². The van der Waals surface area contributed by atoms with E-state index in [2.05, 4.69) is 36.3 Å². The standard InChI is InChI=1S/C15H21N3O/c1-9(7-16)15(19)17-8-12-4-5-14-13(6-12)10(2)11(3)18-14/h4-6,9,18H,7-8,16H2,1-3H3,(H,17,19). The van der Waals surface area contributed by atoms with Crippen LogP contribution in [0.2, 0.25) is 0 Å². The first kappa shape index (κ1) is 13.6. The number of rotatable bonds is 4. The van der Waals surface area contributed by atoms with E-state index in [1.54, 1.807) is 0 Å². The molecule has 1 unspecified atom stereocenters. The number of aromatic amines is 1. The van der Waals surface area contributed by atoms with Gasteiger partial charge in [0.1, 0.15) is 0 Å². The van der Waals surface area contributed by atoms with Crippen molar-refractivity contribution in [1.29, 1.82) is 0 Å². The summed E-state index contributed by atoms with van der Waals surface area (Å²) in [6, 6.07) is 6.22. The molecule has 1 atom stereocenters. The predicted octanol–water partition coefficient (Wildman–Crippen LogP) is 2.00. The van der Waals surface area contributed by atoms with Crippen molar-refractivity contribution in [3.63, 3.8) is 0 Å². The fourth-order valence-corrected chi connectivity index (χ4v) is 2.09. The lowest BCUT2D eigenvalue weighted by molar-refractivity contribution is -0.124. The number of carbonyl (C=O) groups is 1. The summed E-state index contributed by atoms with van der Waals surface area (Å²) in [6.45, 7) is 6.93. The fraction of sp³-hybridized carbons (Fsp3) is 0.400. The van der Waals surface area contributed by atoms with Crippen LogP contribution in [0.4, 0.5) is 0 Å². The Kier molecular flexibility index (Phi) is 3.90. The number of nitrogens with two attached hydrogens (primary N) is 1. The van der Waals surface area contributed by atoms with Gasteiger partial charge in [-0.2, -0.15) is 0 Å². The van der Waals surface area contributed by atoms with Gasteiger partial charge in [0, 0.05) is 35.6 Å². The Morgan fingerprint density at radius 3 is 2.84 bits per heavy atom. The van der Waals surface area contributed by atoms with E-state index < -0.39 is 0 Å². The fourth-order valence-electron chi connectivity index (χ4n) is 2.09. The number of carbonyl (C=O) groups excluding carboxylic acids is 1. The highest BCUT2D eigenvalue weighted by atomic mass is 16.1. The van der Waals surface area contributed by atoms with Crippen LogP contribution in [-0.2, 0) is 11.3 Å². The second kappa shape index (κ2) is 5.45. The summed E-state index contributed by atoms with van der Waals surface area (Å²) >= 11 is 0. The van der Waals surface area contributed by atoms with Crippen molar-refractivity contribution < 1.29 is 4.79 Å². The normalized spacial score (nSPS) is 12.6. The number of hydrogen-bond donors (Lipinski definition) is 3. The Labute approximate surface area is 113 Å². The van der Waals surface area contributed by atoms with E-state index in [4.69, 9.17) is 5.73 Å². The van der Waals surface area contributed by atoms with E-state index >= 15 is 0 Å². The topological polar surface area (TPSA) is 70.9 Å². The van der Waals surface area contributed by atoms with E-state index in [0.29, 0.717) is 13.1 Å². The molecule has 0 radical (unpaired) electrons. The van der Waals surface area contributed by atoms with Crippen LogP contribution in [0.3, 0.4) is 0 Å². The van der Waals surface area contributed by atoms with E-state index in [1.165, 1.54) is 16.6 Å². The Morgan fingerprint density at radius 2 is 2.16 bits per heavy atom. The number of nitrogens with one attached hydrogen (secondary N) is 2. The van der Waals surface area contributed by atoms with Crippen LogP contribution in [0.1, 0.15) is 23.7 Å². The summed E-state index contributed by atoms with van der Waals surface area (Å²) in [5, 5.41) is 4.13. The third kappa shape index (κ3) is 2.79. The molecule has 0 aliphatic rings. The van der Waals surface area contributed by atoms with Crippen molar-refractivity contribution in [2.75, 3.05) is 6.54 Å². The molecule has 0 fully saturated rings. The number of hydrogen-bond acceptors (Lipinski definition) is 2. The van der Waals surface area contributed by atoms with Crippen LogP contribution < -0.4 is 11.1 Å². The molecule has 19 heavy (non-hydrogen) atoms. The molecular formula is C15H21N3O. The van der Waals surface area contributed by atoms with Crippen molar-refractivity contribution >= 4 is 16.8 Å². The Hall–Kier alpha value is -1.81. The second-order valence-corrected chi connectivity index (χ2v) is 5.11. The molecule has 1 heterocycles. The van der Waals surface area contributed by atoms with Crippen molar-refractivity contribution in [3.05, 3.63) is 35.0 Å². The van der Waals surface area contributed by atoms with Gasteiger partial charge in [0.05, 0.1) is 0 Å². The Bertz CT molecular complexity index is 601. The van der Waals surface area contributed by atoms with Crippen LogP contribution in [0.15, 0.2) is 18.2 Å². The molecule has 0 bridgehead atoms. The average Bonchev–Trinajstić information content (AvgIpc) is 2.70. The van der Waals surface area contributed by atoms with E-state index in [9.17, 15) is 4.79 Å².